The zero-order valence-electron chi connectivity index (χ0n) is 14.9. The molecule has 1 amide bonds. The van der Waals surface area contributed by atoms with E-state index >= 15 is 0 Å². The second-order valence-corrected chi connectivity index (χ2v) is 6.41. The van der Waals surface area contributed by atoms with Crippen molar-refractivity contribution in [3.8, 4) is 0 Å². The molecule has 2 N–H and O–H groups in total. The molecule has 1 aliphatic rings. The van der Waals surface area contributed by atoms with Crippen molar-refractivity contribution in [2.45, 2.75) is 45.5 Å². The van der Waals surface area contributed by atoms with Crippen molar-refractivity contribution < 1.29 is 27.2 Å². The Bertz CT molecular complexity index is 807. The van der Waals surface area contributed by atoms with Crippen LogP contribution in [0.4, 0.5) is 24.5 Å². The van der Waals surface area contributed by atoms with Crippen LogP contribution >= 0.6 is 0 Å². The van der Waals surface area contributed by atoms with E-state index in [1.807, 2.05) is 0 Å². The Balaban J connectivity index is 1.78. The lowest BCUT2D eigenvalue weighted by Gasteiger charge is -2.17. The van der Waals surface area contributed by atoms with Gasteiger partial charge < -0.3 is 19.9 Å². The molecule has 1 unspecified atom stereocenters. The van der Waals surface area contributed by atoms with Crippen LogP contribution in [0.25, 0.3) is 0 Å². The Morgan fingerprint density at radius 1 is 1.33 bits per heavy atom. The smallest absolute Gasteiger partial charge is 0.380 e. The van der Waals surface area contributed by atoms with Crippen molar-refractivity contribution in [2.24, 2.45) is 0 Å². The number of nitrogens with zero attached hydrogens (tertiary/aromatic N) is 1. The number of amides is 1. The number of benzene rings is 1. The highest BCUT2D eigenvalue weighted by atomic mass is 19.4. The highest BCUT2D eigenvalue weighted by Crippen LogP contribution is 2.37. The molecule has 1 aromatic carbocycles. The Labute approximate surface area is 154 Å². The maximum atomic E-state index is 13.5. The van der Waals surface area contributed by atoms with Crippen LogP contribution in [0.5, 0.6) is 0 Å². The first kappa shape index (κ1) is 19.2. The zero-order valence-corrected chi connectivity index (χ0v) is 14.9. The first-order valence-corrected chi connectivity index (χ1v) is 8.55. The summed E-state index contributed by atoms with van der Waals surface area (Å²) < 4.78 is 50.7. The minimum Gasteiger partial charge on any atom is -0.380 e. The highest BCUT2D eigenvalue weighted by molar-refractivity contribution is 5.94. The number of ether oxygens (including phenoxy) is 1. The lowest BCUT2D eigenvalue weighted by Crippen LogP contribution is -2.27. The molecule has 146 valence electrons. The fraction of sp³-hybridized carbons (Fsp3) is 0.444. The summed E-state index contributed by atoms with van der Waals surface area (Å²) in [4.78, 5) is 12.1. The fourth-order valence-corrected chi connectivity index (χ4v) is 2.96. The van der Waals surface area contributed by atoms with Gasteiger partial charge in [0.05, 0.1) is 11.3 Å². The summed E-state index contributed by atoms with van der Waals surface area (Å²) in [5.41, 5.74) is 0.454. The van der Waals surface area contributed by atoms with Crippen LogP contribution in [0, 0.1) is 13.8 Å². The molecule has 6 nitrogen and oxygen atoms in total. The van der Waals surface area contributed by atoms with Crippen LogP contribution in [0.3, 0.4) is 0 Å². The predicted octanol–water partition coefficient (Wildman–Crippen LogP) is 4.04. The number of anilines is 2. The van der Waals surface area contributed by atoms with Crippen LogP contribution in [-0.2, 0) is 22.3 Å². The Kier molecular flexibility index (Phi) is 5.41. The zero-order chi connectivity index (χ0) is 19.6. The van der Waals surface area contributed by atoms with Gasteiger partial charge in [0, 0.05) is 30.1 Å². The highest BCUT2D eigenvalue weighted by Gasteiger charge is 2.34. The van der Waals surface area contributed by atoms with E-state index in [1.54, 1.807) is 13.8 Å². The summed E-state index contributed by atoms with van der Waals surface area (Å²) in [6.45, 7) is 4.05. The number of carbonyl (C=O) groups is 1. The van der Waals surface area contributed by atoms with Crippen LogP contribution in [-0.4, -0.2) is 23.8 Å². The molecule has 1 fully saturated rings. The van der Waals surface area contributed by atoms with Gasteiger partial charge in [-0.15, -0.1) is 0 Å². The van der Waals surface area contributed by atoms with Gasteiger partial charge in [-0.1, -0.05) is 5.16 Å². The standard InChI is InChI=1S/C18H20F3N3O3/c1-10-13(11(2)27-24-10)9-22-15-6-5-12(8-14(15)18(19,20)21)23-17(25)16-4-3-7-26-16/h5-6,8,16,22H,3-4,7,9H2,1-2H3,(H,23,25). The molecule has 2 heterocycles. The molecule has 27 heavy (non-hydrogen) atoms. The molecule has 0 radical (unpaired) electrons. The second-order valence-electron chi connectivity index (χ2n) is 6.41. The minimum atomic E-state index is -4.58. The monoisotopic (exact) mass is 383 g/mol. The Morgan fingerprint density at radius 2 is 2.11 bits per heavy atom. The van der Waals surface area contributed by atoms with E-state index in [4.69, 9.17) is 9.26 Å². The van der Waals surface area contributed by atoms with Gasteiger partial charge in [-0.05, 0) is 44.9 Å². The summed E-state index contributed by atoms with van der Waals surface area (Å²) >= 11 is 0. The number of aromatic nitrogens is 1. The van der Waals surface area contributed by atoms with E-state index in [0.717, 1.165) is 12.5 Å². The predicted molar refractivity (Wildman–Crippen MR) is 92.4 cm³/mol. The van der Waals surface area contributed by atoms with E-state index in [9.17, 15) is 18.0 Å². The molecule has 2 aromatic rings. The third-order valence-electron chi connectivity index (χ3n) is 4.45. The molecule has 1 aromatic heterocycles. The van der Waals surface area contributed by atoms with Crippen LogP contribution < -0.4 is 10.6 Å². The van der Waals surface area contributed by atoms with Crippen molar-refractivity contribution in [3.63, 3.8) is 0 Å². The summed E-state index contributed by atoms with van der Waals surface area (Å²) in [6, 6.07) is 3.65. The summed E-state index contributed by atoms with van der Waals surface area (Å²) in [5, 5.41) is 9.06. The lowest BCUT2D eigenvalue weighted by atomic mass is 10.1. The topological polar surface area (TPSA) is 76.4 Å². The number of nitrogens with one attached hydrogen (secondary N) is 2. The minimum absolute atomic E-state index is 0.0747. The van der Waals surface area contributed by atoms with Crippen LogP contribution in [0.15, 0.2) is 22.7 Å². The van der Waals surface area contributed by atoms with Gasteiger partial charge in [0.2, 0.25) is 0 Å². The van der Waals surface area contributed by atoms with Gasteiger partial charge in [-0.2, -0.15) is 13.2 Å². The number of hydrogen-bond acceptors (Lipinski definition) is 5. The third kappa shape index (κ3) is 4.41. The van der Waals surface area contributed by atoms with Crippen LogP contribution in [0.1, 0.15) is 35.4 Å². The van der Waals surface area contributed by atoms with Gasteiger partial charge in [-0.3, -0.25) is 4.79 Å². The van der Waals surface area contributed by atoms with Crippen molar-refractivity contribution >= 4 is 17.3 Å². The third-order valence-corrected chi connectivity index (χ3v) is 4.45. The van der Waals surface area contributed by atoms with Crippen molar-refractivity contribution in [1.82, 2.24) is 5.16 Å². The van der Waals surface area contributed by atoms with Crippen molar-refractivity contribution in [1.29, 1.82) is 0 Å². The number of rotatable bonds is 5. The van der Waals surface area contributed by atoms with E-state index in [0.29, 0.717) is 30.0 Å². The molecule has 1 saturated heterocycles. The maximum Gasteiger partial charge on any atom is 0.418 e. The van der Waals surface area contributed by atoms with Gasteiger partial charge >= 0.3 is 6.18 Å². The van der Waals surface area contributed by atoms with E-state index in [1.165, 1.54) is 12.1 Å². The molecule has 0 bridgehead atoms. The molecule has 1 atom stereocenters. The molecule has 9 heteroatoms. The van der Waals surface area contributed by atoms with E-state index < -0.39 is 23.8 Å². The molecule has 0 spiro atoms. The van der Waals surface area contributed by atoms with E-state index in [-0.39, 0.29) is 17.9 Å². The van der Waals surface area contributed by atoms with Gasteiger partial charge in [0.25, 0.3) is 5.91 Å². The molecule has 0 aliphatic carbocycles. The Morgan fingerprint density at radius 3 is 2.70 bits per heavy atom. The number of halogens is 3. The largest absolute Gasteiger partial charge is 0.418 e. The summed E-state index contributed by atoms with van der Waals surface area (Å²) in [5.74, 6) is 0.117. The first-order valence-electron chi connectivity index (χ1n) is 8.55. The normalized spacial score (nSPS) is 17.1. The maximum absolute atomic E-state index is 13.5. The molecule has 0 saturated carbocycles. The number of aryl methyl sites for hydroxylation is 2. The summed E-state index contributed by atoms with van der Waals surface area (Å²) in [6.07, 6.45) is -3.87. The summed E-state index contributed by atoms with van der Waals surface area (Å²) in [7, 11) is 0. The quantitative estimate of drug-likeness (QED) is 0.815. The van der Waals surface area contributed by atoms with Gasteiger partial charge in [-0.25, -0.2) is 0 Å². The molecular formula is C18H20F3N3O3. The van der Waals surface area contributed by atoms with Crippen LogP contribution in [0.2, 0.25) is 0 Å². The first-order chi connectivity index (χ1) is 12.8. The average Bonchev–Trinajstić information content (AvgIpc) is 3.24. The van der Waals surface area contributed by atoms with Gasteiger partial charge in [0.15, 0.2) is 0 Å². The van der Waals surface area contributed by atoms with Gasteiger partial charge in [0.1, 0.15) is 11.9 Å². The van der Waals surface area contributed by atoms with E-state index in [2.05, 4.69) is 15.8 Å². The number of carbonyl (C=O) groups excluding carboxylic acids is 1. The average molecular weight is 383 g/mol. The lowest BCUT2D eigenvalue weighted by molar-refractivity contribution is -0.137. The van der Waals surface area contributed by atoms with Crippen molar-refractivity contribution in [2.75, 3.05) is 17.2 Å². The molecular weight excluding hydrogens is 363 g/mol. The number of alkyl halides is 3. The second kappa shape index (κ2) is 7.59. The molecule has 3 rings (SSSR count). The van der Waals surface area contributed by atoms with Crippen molar-refractivity contribution in [3.05, 3.63) is 40.8 Å². The Hall–Kier alpha value is -2.55. The SMILES string of the molecule is Cc1noc(C)c1CNc1ccc(NC(=O)C2CCCO2)cc1C(F)(F)F. The fourth-order valence-electron chi connectivity index (χ4n) is 2.96. The number of hydrogen-bond donors (Lipinski definition) is 2. The molecule has 1 aliphatic heterocycles.